The van der Waals surface area contributed by atoms with E-state index in [1.54, 1.807) is 0 Å². The van der Waals surface area contributed by atoms with Crippen molar-refractivity contribution in [2.45, 2.75) is 62.4 Å². The number of sulfonamides is 1. The molecule has 0 unspecified atom stereocenters. The SMILES string of the molecule is C[C@H](C(=O)N(Cc1ccc(C2CCCCC2)cc1)c1ccc(C(=O)NO)cc1)N(C)S(=O)(=O)c1c(F)c(F)c(F)c(F)c1F. The maximum atomic E-state index is 14.5. The molecule has 44 heavy (non-hydrogen) atoms. The quantitative estimate of drug-likeness (QED) is 0.101. The second kappa shape index (κ2) is 13.4. The molecule has 0 aromatic heterocycles. The molecule has 0 spiro atoms. The number of amides is 2. The van der Waals surface area contributed by atoms with Gasteiger partial charge in [0.2, 0.25) is 21.7 Å². The van der Waals surface area contributed by atoms with Crippen LogP contribution in [0.1, 0.15) is 66.4 Å². The molecule has 1 aliphatic rings. The second-order valence-corrected chi connectivity index (χ2v) is 12.5. The first-order valence-electron chi connectivity index (χ1n) is 13.7. The Kier molecular flexibility index (Phi) is 10.1. The number of hydrogen-bond donors (Lipinski definition) is 2. The molecule has 0 radical (unpaired) electrons. The van der Waals surface area contributed by atoms with E-state index in [0.717, 1.165) is 50.1 Å². The number of rotatable bonds is 9. The van der Waals surface area contributed by atoms with Crippen LogP contribution in [0.25, 0.3) is 0 Å². The summed E-state index contributed by atoms with van der Waals surface area (Å²) in [5, 5.41) is 8.91. The van der Waals surface area contributed by atoms with Gasteiger partial charge in [-0.05, 0) is 61.1 Å². The molecule has 0 saturated heterocycles. The first-order chi connectivity index (χ1) is 20.8. The number of hydrogen-bond acceptors (Lipinski definition) is 5. The van der Waals surface area contributed by atoms with Gasteiger partial charge in [-0.25, -0.2) is 35.8 Å². The molecule has 1 saturated carbocycles. The van der Waals surface area contributed by atoms with Gasteiger partial charge in [0.1, 0.15) is 6.04 Å². The first kappa shape index (κ1) is 33.0. The normalized spacial score (nSPS) is 14.8. The van der Waals surface area contributed by atoms with E-state index >= 15 is 0 Å². The summed E-state index contributed by atoms with van der Waals surface area (Å²) in [6.45, 7) is 0.995. The fourth-order valence-electron chi connectivity index (χ4n) is 5.21. The van der Waals surface area contributed by atoms with Crippen LogP contribution in [-0.4, -0.2) is 42.8 Å². The molecule has 0 heterocycles. The first-order valence-corrected chi connectivity index (χ1v) is 15.2. The molecule has 2 N–H and O–H groups in total. The van der Waals surface area contributed by atoms with Crippen molar-refractivity contribution in [2.75, 3.05) is 11.9 Å². The molecular formula is C30H30F5N3O5S. The molecule has 0 bridgehead atoms. The lowest BCUT2D eigenvalue weighted by molar-refractivity contribution is -0.121. The smallest absolute Gasteiger partial charge is 0.274 e. The standard InChI is InChI=1S/C30H30F5N3O5S/c1-17(37(2)44(42,43)28-26(34)24(32)23(31)25(33)27(28)35)30(40)38(22-14-12-21(13-15-22)29(39)36-41)16-18-8-10-20(11-9-18)19-6-4-3-5-7-19/h8-15,17,19,41H,3-7,16H2,1-2H3,(H,36,39)/t17-/m1/s1. The van der Waals surface area contributed by atoms with E-state index in [1.807, 2.05) is 24.3 Å². The van der Waals surface area contributed by atoms with Crippen LogP contribution in [0.3, 0.4) is 0 Å². The van der Waals surface area contributed by atoms with Crippen LogP contribution in [0.2, 0.25) is 0 Å². The van der Waals surface area contributed by atoms with Crippen LogP contribution >= 0.6 is 0 Å². The van der Waals surface area contributed by atoms with Crippen LogP contribution in [0.4, 0.5) is 27.6 Å². The Labute approximate surface area is 251 Å². The lowest BCUT2D eigenvalue weighted by Crippen LogP contribution is -2.48. The van der Waals surface area contributed by atoms with Crippen molar-refractivity contribution in [3.8, 4) is 0 Å². The summed E-state index contributed by atoms with van der Waals surface area (Å²) in [6, 6.07) is 11.2. The van der Waals surface area contributed by atoms with Gasteiger partial charge in [-0.2, -0.15) is 4.31 Å². The molecule has 236 valence electrons. The van der Waals surface area contributed by atoms with Gasteiger partial charge in [-0.3, -0.25) is 14.8 Å². The largest absolute Gasteiger partial charge is 0.307 e. The third kappa shape index (κ3) is 6.47. The molecule has 1 fully saturated rings. The van der Waals surface area contributed by atoms with E-state index in [1.165, 1.54) is 36.2 Å². The Bertz CT molecular complexity index is 1620. The molecule has 14 heteroatoms. The fraction of sp³-hybridized carbons (Fsp3) is 0.333. The zero-order valence-corrected chi connectivity index (χ0v) is 24.6. The Balaban J connectivity index is 1.68. The monoisotopic (exact) mass is 639 g/mol. The Morgan fingerprint density at radius 3 is 1.91 bits per heavy atom. The molecule has 0 aliphatic heterocycles. The number of anilines is 1. The lowest BCUT2D eigenvalue weighted by Gasteiger charge is -2.31. The van der Waals surface area contributed by atoms with Crippen LogP contribution in [-0.2, 0) is 21.4 Å². The number of carbonyl (C=O) groups is 2. The van der Waals surface area contributed by atoms with Crippen molar-refractivity contribution >= 4 is 27.5 Å². The number of halogens is 5. The van der Waals surface area contributed by atoms with E-state index in [2.05, 4.69) is 0 Å². The van der Waals surface area contributed by atoms with Crippen molar-refractivity contribution in [2.24, 2.45) is 0 Å². The maximum absolute atomic E-state index is 14.5. The molecule has 2 amide bonds. The highest BCUT2D eigenvalue weighted by atomic mass is 32.2. The lowest BCUT2D eigenvalue weighted by atomic mass is 9.84. The highest BCUT2D eigenvalue weighted by Crippen LogP contribution is 2.33. The van der Waals surface area contributed by atoms with Crippen molar-refractivity contribution in [1.29, 1.82) is 0 Å². The minimum Gasteiger partial charge on any atom is -0.307 e. The summed E-state index contributed by atoms with van der Waals surface area (Å²) in [5.74, 6) is -13.8. The Morgan fingerprint density at radius 1 is 0.864 bits per heavy atom. The maximum Gasteiger partial charge on any atom is 0.274 e. The summed E-state index contributed by atoms with van der Waals surface area (Å²) in [6.07, 6.45) is 5.60. The van der Waals surface area contributed by atoms with Gasteiger partial charge >= 0.3 is 0 Å². The third-order valence-electron chi connectivity index (χ3n) is 7.92. The minimum atomic E-state index is -5.43. The van der Waals surface area contributed by atoms with Gasteiger partial charge < -0.3 is 4.90 Å². The van der Waals surface area contributed by atoms with Crippen LogP contribution < -0.4 is 10.4 Å². The molecule has 1 aliphatic carbocycles. The molecule has 8 nitrogen and oxygen atoms in total. The Morgan fingerprint density at radius 2 is 1.39 bits per heavy atom. The summed E-state index contributed by atoms with van der Waals surface area (Å²) >= 11 is 0. The number of benzene rings is 3. The van der Waals surface area contributed by atoms with Crippen molar-refractivity contribution in [3.63, 3.8) is 0 Å². The van der Waals surface area contributed by atoms with Crippen molar-refractivity contribution < 1.29 is 45.2 Å². The number of hydroxylamine groups is 1. The van der Waals surface area contributed by atoms with Crippen molar-refractivity contribution in [1.82, 2.24) is 9.79 Å². The van der Waals surface area contributed by atoms with Gasteiger partial charge in [0.05, 0.1) is 6.54 Å². The summed E-state index contributed by atoms with van der Waals surface area (Å²) < 4.78 is 96.7. The van der Waals surface area contributed by atoms with Gasteiger partial charge in [-0.1, -0.05) is 43.5 Å². The average Bonchev–Trinajstić information content (AvgIpc) is 3.04. The number of carbonyl (C=O) groups excluding carboxylic acids is 2. The Hall–Kier alpha value is -3.88. The van der Waals surface area contributed by atoms with Gasteiger partial charge in [0, 0.05) is 18.3 Å². The number of nitrogens with zero attached hydrogens (tertiary/aromatic N) is 2. The van der Waals surface area contributed by atoms with Crippen LogP contribution in [0.5, 0.6) is 0 Å². The van der Waals surface area contributed by atoms with E-state index in [0.29, 0.717) is 11.5 Å². The predicted molar refractivity (Wildman–Crippen MR) is 150 cm³/mol. The molecule has 1 atom stereocenters. The highest BCUT2D eigenvalue weighted by Gasteiger charge is 2.40. The zero-order valence-electron chi connectivity index (χ0n) is 23.8. The summed E-state index contributed by atoms with van der Waals surface area (Å²) in [7, 11) is -4.65. The van der Waals surface area contributed by atoms with Gasteiger partial charge in [0.15, 0.2) is 28.2 Å². The second-order valence-electron chi connectivity index (χ2n) is 10.6. The molecule has 3 aromatic carbocycles. The van der Waals surface area contributed by atoms with Crippen molar-refractivity contribution in [3.05, 3.63) is 94.3 Å². The van der Waals surface area contributed by atoms with E-state index in [9.17, 15) is 40.0 Å². The molecule has 4 rings (SSSR count). The zero-order chi connectivity index (χ0) is 32.3. The van der Waals surface area contributed by atoms with Crippen LogP contribution in [0.15, 0.2) is 53.4 Å². The van der Waals surface area contributed by atoms with E-state index in [-0.39, 0.29) is 22.1 Å². The highest BCUT2D eigenvalue weighted by molar-refractivity contribution is 7.89. The van der Waals surface area contributed by atoms with E-state index in [4.69, 9.17) is 5.21 Å². The number of likely N-dealkylation sites (N-methyl/N-ethyl adjacent to an activating group) is 1. The van der Waals surface area contributed by atoms with Gasteiger partial charge in [-0.15, -0.1) is 0 Å². The number of nitrogens with one attached hydrogen (secondary N) is 1. The minimum absolute atomic E-state index is 0.0412. The average molecular weight is 640 g/mol. The molecular weight excluding hydrogens is 609 g/mol. The summed E-state index contributed by atoms with van der Waals surface area (Å²) in [5.41, 5.74) is 3.50. The summed E-state index contributed by atoms with van der Waals surface area (Å²) in [4.78, 5) is 24.7. The topological polar surface area (TPSA) is 107 Å². The predicted octanol–water partition coefficient (Wildman–Crippen LogP) is 5.79. The van der Waals surface area contributed by atoms with Gasteiger partial charge in [0.25, 0.3) is 5.91 Å². The van der Waals surface area contributed by atoms with Crippen LogP contribution in [0, 0.1) is 29.1 Å². The third-order valence-corrected chi connectivity index (χ3v) is 9.86. The molecule has 3 aromatic rings. The van der Waals surface area contributed by atoms with E-state index < -0.39 is 61.9 Å². The fourth-order valence-corrected chi connectivity index (χ4v) is 6.64.